The Hall–Kier alpha value is -1.49. The van der Waals surface area contributed by atoms with Crippen LogP contribution in [0.25, 0.3) is 0 Å². The lowest BCUT2D eigenvalue weighted by molar-refractivity contribution is 0.159. The first-order valence-electron chi connectivity index (χ1n) is 4.04. The van der Waals surface area contributed by atoms with Crippen molar-refractivity contribution in [1.82, 2.24) is 10.2 Å². The fourth-order valence-corrected chi connectivity index (χ4v) is 0.853. The SMILES string of the molecule is Cc1ccc(NN=C2COC2)nn1. The van der Waals surface area contributed by atoms with Crippen molar-refractivity contribution < 1.29 is 4.74 Å². The summed E-state index contributed by atoms with van der Waals surface area (Å²) >= 11 is 0. The Morgan fingerprint density at radius 2 is 2.23 bits per heavy atom. The van der Waals surface area contributed by atoms with Crippen molar-refractivity contribution in [3.05, 3.63) is 17.8 Å². The van der Waals surface area contributed by atoms with E-state index in [9.17, 15) is 0 Å². The number of hydrogen-bond acceptors (Lipinski definition) is 5. The van der Waals surface area contributed by atoms with Crippen LogP contribution in [-0.4, -0.2) is 29.1 Å². The third kappa shape index (κ3) is 2.00. The molecule has 0 saturated carbocycles. The van der Waals surface area contributed by atoms with E-state index in [1.54, 1.807) is 0 Å². The first-order valence-corrected chi connectivity index (χ1v) is 4.04. The minimum Gasteiger partial charge on any atom is -0.369 e. The molecule has 0 spiro atoms. The second-order valence-electron chi connectivity index (χ2n) is 2.84. The van der Waals surface area contributed by atoms with Crippen LogP contribution in [0.2, 0.25) is 0 Å². The van der Waals surface area contributed by atoms with Crippen molar-refractivity contribution >= 4 is 11.5 Å². The summed E-state index contributed by atoms with van der Waals surface area (Å²) in [5.74, 6) is 0.657. The van der Waals surface area contributed by atoms with E-state index in [4.69, 9.17) is 4.74 Å². The van der Waals surface area contributed by atoms with E-state index in [-0.39, 0.29) is 0 Å². The van der Waals surface area contributed by atoms with Gasteiger partial charge in [0.25, 0.3) is 0 Å². The largest absolute Gasteiger partial charge is 0.369 e. The van der Waals surface area contributed by atoms with Gasteiger partial charge in [-0.05, 0) is 19.1 Å². The zero-order valence-electron chi connectivity index (χ0n) is 7.32. The maximum Gasteiger partial charge on any atom is 0.168 e. The lowest BCUT2D eigenvalue weighted by atomic mass is 10.3. The molecule has 0 atom stereocenters. The molecule has 2 rings (SSSR count). The molecule has 1 aromatic rings. The van der Waals surface area contributed by atoms with E-state index in [0.29, 0.717) is 19.0 Å². The molecule has 1 aliphatic rings. The lowest BCUT2D eigenvalue weighted by Crippen LogP contribution is -2.28. The van der Waals surface area contributed by atoms with E-state index in [0.717, 1.165) is 11.4 Å². The van der Waals surface area contributed by atoms with Crippen LogP contribution in [0.15, 0.2) is 17.2 Å². The van der Waals surface area contributed by atoms with Gasteiger partial charge in [0.15, 0.2) is 5.82 Å². The molecule has 1 saturated heterocycles. The minimum atomic E-state index is 0.617. The van der Waals surface area contributed by atoms with Gasteiger partial charge in [0.1, 0.15) is 0 Å². The van der Waals surface area contributed by atoms with Crippen LogP contribution in [0, 0.1) is 6.92 Å². The van der Waals surface area contributed by atoms with Crippen LogP contribution in [0.4, 0.5) is 5.82 Å². The highest BCUT2D eigenvalue weighted by Crippen LogP contribution is 2.02. The van der Waals surface area contributed by atoms with Crippen LogP contribution < -0.4 is 5.43 Å². The van der Waals surface area contributed by atoms with E-state index >= 15 is 0 Å². The molecule has 0 bridgehead atoms. The lowest BCUT2D eigenvalue weighted by Gasteiger charge is -2.15. The van der Waals surface area contributed by atoms with Gasteiger partial charge in [-0.1, -0.05) is 0 Å². The van der Waals surface area contributed by atoms with E-state index in [2.05, 4.69) is 20.7 Å². The summed E-state index contributed by atoms with van der Waals surface area (Å²) in [7, 11) is 0. The number of rotatable bonds is 2. The summed E-state index contributed by atoms with van der Waals surface area (Å²) in [4.78, 5) is 0. The molecule has 2 heterocycles. The van der Waals surface area contributed by atoms with Crippen LogP contribution >= 0.6 is 0 Å². The van der Waals surface area contributed by atoms with Crippen molar-refractivity contribution in [3.8, 4) is 0 Å². The fraction of sp³-hybridized carbons (Fsp3) is 0.375. The smallest absolute Gasteiger partial charge is 0.168 e. The molecule has 5 heteroatoms. The summed E-state index contributed by atoms with van der Waals surface area (Å²) in [5, 5.41) is 11.9. The van der Waals surface area contributed by atoms with E-state index in [1.807, 2.05) is 19.1 Å². The standard InChI is InChI=1S/C8H10N4O/c1-6-2-3-8(11-9-6)12-10-7-4-13-5-7/h2-3H,4-5H2,1H3,(H,11,12). The minimum absolute atomic E-state index is 0.617. The average Bonchev–Trinajstić information content (AvgIpc) is 2.05. The topological polar surface area (TPSA) is 59.4 Å². The van der Waals surface area contributed by atoms with E-state index in [1.165, 1.54) is 0 Å². The highest BCUT2D eigenvalue weighted by molar-refractivity contribution is 5.91. The summed E-state index contributed by atoms with van der Waals surface area (Å²) in [6.07, 6.45) is 0. The molecular formula is C8H10N4O. The number of ether oxygens (including phenoxy) is 1. The van der Waals surface area contributed by atoms with Crippen LogP contribution in [0.3, 0.4) is 0 Å². The molecular weight excluding hydrogens is 168 g/mol. The first kappa shape index (κ1) is 8.12. The molecule has 68 valence electrons. The van der Waals surface area contributed by atoms with E-state index < -0.39 is 0 Å². The molecule has 1 aliphatic heterocycles. The van der Waals surface area contributed by atoms with Crippen LogP contribution in [-0.2, 0) is 4.74 Å². The number of aryl methyl sites for hydroxylation is 1. The number of nitrogens with one attached hydrogen (secondary N) is 1. The van der Waals surface area contributed by atoms with Crippen molar-refractivity contribution in [2.75, 3.05) is 18.6 Å². The zero-order valence-corrected chi connectivity index (χ0v) is 7.32. The molecule has 0 aliphatic carbocycles. The molecule has 1 N–H and O–H groups in total. The number of aromatic nitrogens is 2. The molecule has 13 heavy (non-hydrogen) atoms. The summed E-state index contributed by atoms with van der Waals surface area (Å²) in [5.41, 5.74) is 4.70. The molecule has 0 amide bonds. The highest BCUT2D eigenvalue weighted by Gasteiger charge is 2.09. The number of hydrazone groups is 1. The molecule has 5 nitrogen and oxygen atoms in total. The second-order valence-corrected chi connectivity index (χ2v) is 2.84. The average molecular weight is 178 g/mol. The monoisotopic (exact) mass is 178 g/mol. The predicted molar refractivity (Wildman–Crippen MR) is 48.6 cm³/mol. The van der Waals surface area contributed by atoms with Crippen LogP contribution in [0.5, 0.6) is 0 Å². The Kier molecular flexibility index (Phi) is 2.18. The van der Waals surface area contributed by atoms with Gasteiger partial charge in [0.2, 0.25) is 0 Å². The molecule has 0 aromatic carbocycles. The third-order valence-corrected chi connectivity index (χ3v) is 1.66. The number of anilines is 1. The third-order valence-electron chi connectivity index (χ3n) is 1.66. The molecule has 1 aromatic heterocycles. The zero-order chi connectivity index (χ0) is 9.10. The fourth-order valence-electron chi connectivity index (χ4n) is 0.853. The van der Waals surface area contributed by atoms with Gasteiger partial charge < -0.3 is 4.74 Å². The van der Waals surface area contributed by atoms with Gasteiger partial charge in [-0.25, -0.2) is 0 Å². The molecule has 1 fully saturated rings. The highest BCUT2D eigenvalue weighted by atomic mass is 16.5. The maximum atomic E-state index is 4.94. The normalized spacial score (nSPS) is 15.0. The van der Waals surface area contributed by atoms with Crippen molar-refractivity contribution in [2.24, 2.45) is 5.10 Å². The Bertz CT molecular complexity index is 313. The van der Waals surface area contributed by atoms with Gasteiger partial charge >= 0.3 is 0 Å². The second kappa shape index (κ2) is 3.49. The summed E-state index contributed by atoms with van der Waals surface area (Å²) in [6, 6.07) is 3.72. The van der Waals surface area contributed by atoms with Gasteiger partial charge in [-0.3, -0.25) is 5.43 Å². The summed E-state index contributed by atoms with van der Waals surface area (Å²) < 4.78 is 4.94. The van der Waals surface area contributed by atoms with Gasteiger partial charge in [0, 0.05) is 0 Å². The predicted octanol–water partition coefficient (Wildman–Crippen LogP) is 0.583. The first-order chi connectivity index (χ1) is 6.34. The maximum absolute atomic E-state index is 4.94. The van der Waals surface area contributed by atoms with Gasteiger partial charge in [0.05, 0.1) is 24.6 Å². The molecule has 0 unspecified atom stereocenters. The van der Waals surface area contributed by atoms with Gasteiger partial charge in [-0.2, -0.15) is 10.2 Å². The quantitative estimate of drug-likeness (QED) is 0.673. The van der Waals surface area contributed by atoms with Crippen LogP contribution in [0.1, 0.15) is 5.69 Å². The number of nitrogens with zero attached hydrogens (tertiary/aromatic N) is 3. The van der Waals surface area contributed by atoms with Crippen molar-refractivity contribution in [1.29, 1.82) is 0 Å². The Balaban J connectivity index is 1.97. The van der Waals surface area contributed by atoms with Crippen molar-refractivity contribution in [3.63, 3.8) is 0 Å². The number of hydrogen-bond donors (Lipinski definition) is 1. The van der Waals surface area contributed by atoms with Crippen molar-refractivity contribution in [2.45, 2.75) is 6.92 Å². The Morgan fingerprint density at radius 1 is 1.38 bits per heavy atom. The summed E-state index contributed by atoms with van der Waals surface area (Å²) in [6.45, 7) is 3.13. The Labute approximate surface area is 75.8 Å². The van der Waals surface area contributed by atoms with Gasteiger partial charge in [-0.15, -0.1) is 5.10 Å². The Morgan fingerprint density at radius 3 is 2.77 bits per heavy atom. The molecule has 0 radical (unpaired) electrons.